The number of aryl methyl sites for hydroxylation is 1. The maximum atomic E-state index is 11.7. The predicted octanol–water partition coefficient (Wildman–Crippen LogP) is 1.30. The van der Waals surface area contributed by atoms with Crippen LogP contribution >= 0.6 is 15.9 Å². The maximum Gasteiger partial charge on any atom is 0.329 e. The molecule has 0 fully saturated rings. The van der Waals surface area contributed by atoms with Crippen molar-refractivity contribution in [3.05, 3.63) is 61.0 Å². The lowest BCUT2D eigenvalue weighted by molar-refractivity contribution is 0.830. The number of benzene rings is 1. The number of hydrogen-bond acceptors (Lipinski definition) is 3. The van der Waals surface area contributed by atoms with Gasteiger partial charge in [-0.2, -0.15) is 0 Å². The van der Waals surface area contributed by atoms with Crippen LogP contribution in [0.2, 0.25) is 0 Å². The van der Waals surface area contributed by atoms with Crippen LogP contribution in [0, 0.1) is 0 Å². The van der Waals surface area contributed by atoms with Gasteiger partial charge < -0.3 is 4.98 Å². The summed E-state index contributed by atoms with van der Waals surface area (Å²) in [6, 6.07) is 7.78. The fourth-order valence-electron chi connectivity index (χ4n) is 2.06. The van der Waals surface area contributed by atoms with Crippen LogP contribution in [0.25, 0.3) is 11.2 Å². The minimum absolute atomic E-state index is 0.314. The van der Waals surface area contributed by atoms with Crippen LogP contribution in [0.3, 0.4) is 0 Å². The summed E-state index contributed by atoms with van der Waals surface area (Å²) in [5, 5.41) is 0. The highest BCUT2D eigenvalue weighted by Crippen LogP contribution is 2.19. The van der Waals surface area contributed by atoms with Crippen molar-refractivity contribution in [3.63, 3.8) is 0 Å². The Hall–Kier alpha value is -2.15. The molecule has 0 unspecified atom stereocenters. The lowest BCUT2D eigenvalue weighted by Crippen LogP contribution is -2.28. The molecule has 6 nitrogen and oxygen atoms in total. The van der Waals surface area contributed by atoms with Crippen LogP contribution < -0.4 is 11.2 Å². The third-order valence-electron chi connectivity index (χ3n) is 3.12. The topological polar surface area (TPSA) is 83.5 Å². The molecule has 0 saturated carbocycles. The van der Waals surface area contributed by atoms with E-state index in [1.165, 1.54) is 4.57 Å². The van der Waals surface area contributed by atoms with Crippen molar-refractivity contribution < 1.29 is 0 Å². The van der Waals surface area contributed by atoms with Gasteiger partial charge in [-0.25, -0.2) is 9.78 Å². The first kappa shape index (κ1) is 12.9. The molecule has 0 radical (unpaired) electrons. The quantitative estimate of drug-likeness (QED) is 0.741. The normalized spacial score (nSPS) is 11.1. The molecule has 0 bridgehead atoms. The standard InChI is InChI=1S/C13H11BrN4O2/c1-18-11-10(12(19)17-13(18)20)15-9(16-11)6-7-4-2-3-5-8(7)14/h2-5H,6H2,1H3,(H,15,16)(H,17,19,20). The van der Waals surface area contributed by atoms with Gasteiger partial charge in [-0.3, -0.25) is 14.3 Å². The zero-order chi connectivity index (χ0) is 14.3. The Bertz CT molecular complexity index is 907. The second-order valence-electron chi connectivity index (χ2n) is 4.47. The largest absolute Gasteiger partial charge is 0.336 e. The number of hydrogen-bond donors (Lipinski definition) is 2. The third-order valence-corrected chi connectivity index (χ3v) is 3.89. The summed E-state index contributed by atoms with van der Waals surface area (Å²) < 4.78 is 2.29. The average molecular weight is 335 g/mol. The molecule has 0 amide bonds. The molecule has 2 aromatic heterocycles. The molecule has 1 aromatic carbocycles. The zero-order valence-corrected chi connectivity index (χ0v) is 12.2. The van der Waals surface area contributed by atoms with Gasteiger partial charge in [0, 0.05) is 17.9 Å². The van der Waals surface area contributed by atoms with Gasteiger partial charge in [-0.1, -0.05) is 34.1 Å². The van der Waals surface area contributed by atoms with Crippen LogP contribution in [-0.2, 0) is 13.5 Å². The number of rotatable bonds is 2. The van der Waals surface area contributed by atoms with Crippen molar-refractivity contribution in [2.45, 2.75) is 6.42 Å². The van der Waals surface area contributed by atoms with Crippen LogP contribution in [0.1, 0.15) is 11.4 Å². The fraction of sp³-hybridized carbons (Fsp3) is 0.154. The lowest BCUT2D eigenvalue weighted by atomic mass is 10.1. The van der Waals surface area contributed by atoms with E-state index >= 15 is 0 Å². The molecule has 102 valence electrons. The Morgan fingerprint density at radius 3 is 2.75 bits per heavy atom. The number of imidazole rings is 1. The molecule has 20 heavy (non-hydrogen) atoms. The van der Waals surface area contributed by atoms with Crippen LogP contribution in [0.4, 0.5) is 0 Å². The van der Waals surface area contributed by atoms with Gasteiger partial charge in [0.05, 0.1) is 0 Å². The van der Waals surface area contributed by atoms with Crippen molar-refractivity contribution in [2.24, 2.45) is 7.05 Å². The number of halogens is 1. The van der Waals surface area contributed by atoms with E-state index in [0.29, 0.717) is 23.4 Å². The van der Waals surface area contributed by atoms with Crippen molar-refractivity contribution in [1.29, 1.82) is 0 Å². The lowest BCUT2D eigenvalue weighted by Gasteiger charge is -2.00. The predicted molar refractivity (Wildman–Crippen MR) is 78.9 cm³/mol. The highest BCUT2D eigenvalue weighted by atomic mass is 79.9. The summed E-state index contributed by atoms with van der Waals surface area (Å²) in [5.74, 6) is 0.638. The molecule has 0 aliphatic heterocycles. The van der Waals surface area contributed by atoms with Gasteiger partial charge >= 0.3 is 5.69 Å². The highest BCUT2D eigenvalue weighted by Gasteiger charge is 2.11. The average Bonchev–Trinajstić information content (AvgIpc) is 2.83. The first-order valence-corrected chi connectivity index (χ1v) is 6.77. The Balaban J connectivity index is 2.13. The van der Waals surface area contributed by atoms with Crippen molar-refractivity contribution in [1.82, 2.24) is 19.5 Å². The summed E-state index contributed by atoms with van der Waals surface area (Å²) in [6.45, 7) is 0. The molecule has 0 aliphatic rings. The summed E-state index contributed by atoms with van der Waals surface area (Å²) >= 11 is 3.47. The molecule has 2 heterocycles. The van der Waals surface area contributed by atoms with E-state index in [0.717, 1.165) is 10.0 Å². The molecule has 2 N–H and O–H groups in total. The Morgan fingerprint density at radius 1 is 1.25 bits per heavy atom. The highest BCUT2D eigenvalue weighted by molar-refractivity contribution is 9.10. The number of aromatic amines is 2. The maximum absolute atomic E-state index is 11.7. The Labute approximate surface area is 121 Å². The monoisotopic (exact) mass is 334 g/mol. The van der Waals surface area contributed by atoms with Gasteiger partial charge in [0.25, 0.3) is 5.56 Å². The number of nitrogens with zero attached hydrogens (tertiary/aromatic N) is 2. The summed E-state index contributed by atoms with van der Waals surface area (Å²) in [7, 11) is 1.57. The van der Waals surface area contributed by atoms with Crippen LogP contribution in [0.5, 0.6) is 0 Å². The number of nitrogens with one attached hydrogen (secondary N) is 2. The fourth-order valence-corrected chi connectivity index (χ4v) is 2.48. The minimum Gasteiger partial charge on any atom is -0.336 e. The SMILES string of the molecule is Cn1c(=O)[nH]c(=O)c2[nH]c(Cc3ccccc3Br)nc21. The number of aromatic nitrogens is 4. The van der Waals surface area contributed by atoms with Crippen molar-refractivity contribution >= 4 is 27.1 Å². The van der Waals surface area contributed by atoms with Gasteiger partial charge in [0.15, 0.2) is 5.65 Å². The third kappa shape index (κ3) is 2.09. The molecule has 0 atom stereocenters. The molecular weight excluding hydrogens is 324 g/mol. The summed E-state index contributed by atoms with van der Waals surface area (Å²) in [5.41, 5.74) is 0.804. The van der Waals surface area contributed by atoms with E-state index in [2.05, 4.69) is 30.9 Å². The van der Waals surface area contributed by atoms with Crippen LogP contribution in [-0.4, -0.2) is 19.5 Å². The summed E-state index contributed by atoms with van der Waals surface area (Å²) in [4.78, 5) is 32.8. The van der Waals surface area contributed by atoms with E-state index in [1.54, 1.807) is 7.05 Å². The number of fused-ring (bicyclic) bond motifs is 1. The first-order valence-electron chi connectivity index (χ1n) is 5.97. The molecule has 3 aromatic rings. The van der Waals surface area contributed by atoms with Crippen molar-refractivity contribution in [2.75, 3.05) is 0 Å². The first-order chi connectivity index (χ1) is 9.56. The second-order valence-corrected chi connectivity index (χ2v) is 5.32. The van der Waals surface area contributed by atoms with Gasteiger partial charge in [-0.15, -0.1) is 0 Å². The molecule has 7 heteroatoms. The van der Waals surface area contributed by atoms with E-state index in [1.807, 2.05) is 24.3 Å². The summed E-state index contributed by atoms with van der Waals surface area (Å²) in [6.07, 6.45) is 0.545. The minimum atomic E-state index is -0.471. The molecule has 3 rings (SSSR count). The van der Waals surface area contributed by atoms with Crippen molar-refractivity contribution in [3.8, 4) is 0 Å². The molecule has 0 saturated heterocycles. The van der Waals surface area contributed by atoms with E-state index in [4.69, 9.17) is 0 Å². The number of H-pyrrole nitrogens is 2. The van der Waals surface area contributed by atoms with E-state index in [-0.39, 0.29) is 0 Å². The molecular formula is C13H11BrN4O2. The van der Waals surface area contributed by atoms with Gasteiger partial charge in [-0.05, 0) is 11.6 Å². The Morgan fingerprint density at radius 2 is 2.00 bits per heavy atom. The zero-order valence-electron chi connectivity index (χ0n) is 10.6. The molecule has 0 spiro atoms. The smallest absolute Gasteiger partial charge is 0.329 e. The van der Waals surface area contributed by atoms with E-state index in [9.17, 15) is 9.59 Å². The van der Waals surface area contributed by atoms with Gasteiger partial charge in [0.2, 0.25) is 0 Å². The van der Waals surface area contributed by atoms with E-state index < -0.39 is 11.2 Å². The second kappa shape index (κ2) is 4.75. The van der Waals surface area contributed by atoms with Gasteiger partial charge in [0.1, 0.15) is 11.3 Å². The molecule has 0 aliphatic carbocycles. The van der Waals surface area contributed by atoms with Crippen LogP contribution in [0.15, 0.2) is 38.3 Å². The Kier molecular flexibility index (Phi) is 3.06.